The van der Waals surface area contributed by atoms with Crippen molar-refractivity contribution in [2.45, 2.75) is 26.2 Å². The summed E-state index contributed by atoms with van der Waals surface area (Å²) in [4.78, 5) is 0. The fourth-order valence-corrected chi connectivity index (χ4v) is 2.75. The van der Waals surface area contributed by atoms with Crippen molar-refractivity contribution in [3.63, 3.8) is 0 Å². The standard InChI is InChI=1S/C17H14F6O/c1-9-7-8-11(10(2)15(9)24-3)12-5-4-6-13(16(18,19)20)14(12)17(21,22)23/h4-8H,1-3H3. The average molecular weight is 348 g/mol. The number of alkyl halides is 6. The predicted molar refractivity (Wildman–Crippen MR) is 77.9 cm³/mol. The molecule has 2 aromatic rings. The van der Waals surface area contributed by atoms with Crippen molar-refractivity contribution in [3.8, 4) is 16.9 Å². The Labute approximate surface area is 134 Å². The average Bonchev–Trinajstić information content (AvgIpc) is 2.45. The largest absolute Gasteiger partial charge is 0.496 e. The molecule has 2 rings (SSSR count). The van der Waals surface area contributed by atoms with Gasteiger partial charge in [-0.15, -0.1) is 0 Å². The van der Waals surface area contributed by atoms with E-state index in [1.165, 1.54) is 26.2 Å². The van der Waals surface area contributed by atoms with Crippen LogP contribution in [0.3, 0.4) is 0 Å². The van der Waals surface area contributed by atoms with Gasteiger partial charge in [-0.25, -0.2) is 0 Å². The van der Waals surface area contributed by atoms with Crippen molar-refractivity contribution in [1.29, 1.82) is 0 Å². The van der Waals surface area contributed by atoms with Crippen molar-refractivity contribution >= 4 is 0 Å². The van der Waals surface area contributed by atoms with Crippen molar-refractivity contribution in [3.05, 3.63) is 52.6 Å². The van der Waals surface area contributed by atoms with Crippen LogP contribution in [0.1, 0.15) is 22.3 Å². The van der Waals surface area contributed by atoms with E-state index in [0.29, 0.717) is 22.9 Å². The van der Waals surface area contributed by atoms with Crippen LogP contribution in [-0.2, 0) is 12.4 Å². The van der Waals surface area contributed by atoms with E-state index in [2.05, 4.69) is 0 Å². The Morgan fingerprint density at radius 3 is 1.92 bits per heavy atom. The summed E-state index contributed by atoms with van der Waals surface area (Å²) < 4.78 is 84.5. The van der Waals surface area contributed by atoms with Crippen LogP contribution in [0.25, 0.3) is 11.1 Å². The van der Waals surface area contributed by atoms with E-state index in [9.17, 15) is 26.3 Å². The molecule has 0 saturated carbocycles. The zero-order valence-electron chi connectivity index (χ0n) is 13.1. The molecule has 0 N–H and O–H groups in total. The summed E-state index contributed by atoms with van der Waals surface area (Å²) in [6.07, 6.45) is -10.3. The van der Waals surface area contributed by atoms with Gasteiger partial charge in [0.25, 0.3) is 0 Å². The minimum absolute atomic E-state index is 0.0517. The second-order valence-electron chi connectivity index (χ2n) is 5.31. The van der Waals surface area contributed by atoms with Crippen LogP contribution >= 0.6 is 0 Å². The molecular weight excluding hydrogens is 334 g/mol. The van der Waals surface area contributed by atoms with E-state index in [1.807, 2.05) is 0 Å². The molecule has 0 unspecified atom stereocenters. The lowest BCUT2D eigenvalue weighted by molar-refractivity contribution is -0.161. The first kappa shape index (κ1) is 18.2. The summed E-state index contributed by atoms with van der Waals surface area (Å²) >= 11 is 0. The van der Waals surface area contributed by atoms with Crippen molar-refractivity contribution in [1.82, 2.24) is 0 Å². The molecule has 0 atom stereocenters. The quantitative estimate of drug-likeness (QED) is 0.603. The van der Waals surface area contributed by atoms with Gasteiger partial charge in [0.15, 0.2) is 0 Å². The minimum Gasteiger partial charge on any atom is -0.496 e. The number of methoxy groups -OCH3 is 1. The number of hydrogen-bond donors (Lipinski definition) is 0. The Bertz CT molecular complexity index is 759. The molecule has 0 aliphatic carbocycles. The van der Waals surface area contributed by atoms with Crippen LogP contribution < -0.4 is 4.74 Å². The highest BCUT2D eigenvalue weighted by Crippen LogP contribution is 2.46. The number of ether oxygens (including phenoxy) is 1. The van der Waals surface area contributed by atoms with Gasteiger partial charge in [-0.2, -0.15) is 26.3 Å². The molecule has 24 heavy (non-hydrogen) atoms. The summed E-state index contributed by atoms with van der Waals surface area (Å²) in [6, 6.07) is 5.33. The van der Waals surface area contributed by atoms with Gasteiger partial charge in [-0.05, 0) is 42.2 Å². The first-order chi connectivity index (χ1) is 11.0. The minimum atomic E-state index is -5.15. The molecule has 0 aromatic heterocycles. The Morgan fingerprint density at radius 1 is 0.792 bits per heavy atom. The second-order valence-corrected chi connectivity index (χ2v) is 5.31. The highest BCUT2D eigenvalue weighted by atomic mass is 19.4. The summed E-state index contributed by atoms with van der Waals surface area (Å²) in [7, 11) is 1.36. The molecule has 130 valence electrons. The van der Waals surface area contributed by atoms with Gasteiger partial charge in [0, 0.05) is 0 Å². The highest BCUT2D eigenvalue weighted by molar-refractivity contribution is 5.75. The van der Waals surface area contributed by atoms with E-state index in [4.69, 9.17) is 4.74 Å². The second kappa shape index (κ2) is 6.03. The summed E-state index contributed by atoms with van der Waals surface area (Å²) in [6.45, 7) is 3.22. The Kier molecular flexibility index (Phi) is 4.57. The first-order valence-corrected chi connectivity index (χ1v) is 6.90. The molecule has 0 radical (unpaired) electrons. The molecule has 0 saturated heterocycles. The molecule has 0 heterocycles. The van der Waals surface area contributed by atoms with Crippen molar-refractivity contribution in [2.24, 2.45) is 0 Å². The maximum atomic E-state index is 13.4. The Balaban J connectivity index is 2.87. The van der Waals surface area contributed by atoms with Gasteiger partial charge < -0.3 is 4.74 Å². The molecule has 7 heteroatoms. The molecule has 0 bridgehead atoms. The van der Waals surface area contributed by atoms with Crippen molar-refractivity contribution in [2.75, 3.05) is 7.11 Å². The van der Waals surface area contributed by atoms with E-state index in [1.54, 1.807) is 6.92 Å². The van der Waals surface area contributed by atoms with E-state index in [0.717, 1.165) is 12.1 Å². The maximum Gasteiger partial charge on any atom is 0.417 e. The van der Waals surface area contributed by atoms with E-state index in [-0.39, 0.29) is 5.56 Å². The lowest BCUT2D eigenvalue weighted by atomic mass is 9.91. The Hall–Kier alpha value is -2.18. The van der Waals surface area contributed by atoms with Crippen LogP contribution in [0.2, 0.25) is 0 Å². The molecule has 0 spiro atoms. The normalized spacial score (nSPS) is 12.4. The van der Waals surface area contributed by atoms with Gasteiger partial charge in [-0.3, -0.25) is 0 Å². The number of hydrogen-bond acceptors (Lipinski definition) is 1. The SMILES string of the molecule is COc1c(C)ccc(-c2cccc(C(F)(F)F)c2C(F)(F)F)c1C. The Morgan fingerprint density at radius 2 is 1.42 bits per heavy atom. The third-order valence-electron chi connectivity index (χ3n) is 3.75. The van der Waals surface area contributed by atoms with E-state index < -0.39 is 29.0 Å². The van der Waals surface area contributed by atoms with Crippen LogP contribution in [0, 0.1) is 13.8 Å². The molecule has 0 aliphatic heterocycles. The molecular formula is C17H14F6O. The van der Waals surface area contributed by atoms with Gasteiger partial charge in [0.1, 0.15) is 5.75 Å². The van der Waals surface area contributed by atoms with Crippen LogP contribution in [-0.4, -0.2) is 7.11 Å². The monoisotopic (exact) mass is 348 g/mol. The predicted octanol–water partition coefficient (Wildman–Crippen LogP) is 6.02. The van der Waals surface area contributed by atoms with Gasteiger partial charge >= 0.3 is 12.4 Å². The molecule has 0 aliphatic rings. The number of aryl methyl sites for hydroxylation is 1. The fourth-order valence-electron chi connectivity index (χ4n) is 2.75. The zero-order chi connectivity index (χ0) is 18.3. The smallest absolute Gasteiger partial charge is 0.417 e. The van der Waals surface area contributed by atoms with Crippen LogP contribution in [0.15, 0.2) is 30.3 Å². The zero-order valence-corrected chi connectivity index (χ0v) is 13.1. The van der Waals surface area contributed by atoms with E-state index >= 15 is 0 Å². The van der Waals surface area contributed by atoms with Gasteiger partial charge in [0.2, 0.25) is 0 Å². The summed E-state index contributed by atoms with van der Waals surface area (Å²) in [5, 5.41) is 0. The first-order valence-electron chi connectivity index (χ1n) is 6.90. The molecule has 0 fully saturated rings. The summed E-state index contributed by atoms with van der Waals surface area (Å²) in [5.74, 6) is 0.345. The van der Waals surface area contributed by atoms with Crippen molar-refractivity contribution < 1.29 is 31.1 Å². The molecule has 0 amide bonds. The van der Waals surface area contributed by atoms with Gasteiger partial charge in [-0.1, -0.05) is 24.3 Å². The number of halogens is 6. The van der Waals surface area contributed by atoms with Gasteiger partial charge in [0.05, 0.1) is 18.2 Å². The lowest BCUT2D eigenvalue weighted by Crippen LogP contribution is -2.18. The fraction of sp³-hybridized carbons (Fsp3) is 0.294. The topological polar surface area (TPSA) is 9.23 Å². The van der Waals surface area contributed by atoms with Crippen LogP contribution in [0.4, 0.5) is 26.3 Å². The summed E-state index contributed by atoms with van der Waals surface area (Å²) in [5.41, 5.74) is -2.83. The number of benzene rings is 2. The highest BCUT2D eigenvalue weighted by Gasteiger charge is 2.45. The van der Waals surface area contributed by atoms with Crippen LogP contribution in [0.5, 0.6) is 5.75 Å². The third kappa shape index (κ3) is 3.20. The maximum absolute atomic E-state index is 13.4. The molecule has 2 aromatic carbocycles. The third-order valence-corrected chi connectivity index (χ3v) is 3.75. The number of rotatable bonds is 2. The lowest BCUT2D eigenvalue weighted by Gasteiger charge is -2.21. The molecule has 1 nitrogen and oxygen atoms in total.